The van der Waals surface area contributed by atoms with Crippen LogP contribution in [0.4, 0.5) is 0 Å². The monoisotopic (exact) mass is 220 g/mol. The van der Waals surface area contributed by atoms with Gasteiger partial charge in [0.2, 0.25) is 0 Å². The number of carboxylic acids is 1. The molecule has 84 valence electrons. The highest BCUT2D eigenvalue weighted by Gasteiger charge is 2.21. The second kappa shape index (κ2) is 3.96. The molecule has 0 spiro atoms. The molecule has 0 bridgehead atoms. The highest BCUT2D eigenvalue weighted by Crippen LogP contribution is 2.28. The van der Waals surface area contributed by atoms with E-state index in [0.29, 0.717) is 29.9 Å². The van der Waals surface area contributed by atoms with Crippen LogP contribution in [-0.4, -0.2) is 23.5 Å². The summed E-state index contributed by atoms with van der Waals surface area (Å²) in [5, 5.41) is 8.88. The molecule has 4 nitrogen and oxygen atoms in total. The van der Waals surface area contributed by atoms with Crippen LogP contribution in [0.5, 0.6) is 5.75 Å². The fourth-order valence-electron chi connectivity index (χ4n) is 1.69. The van der Waals surface area contributed by atoms with Gasteiger partial charge in [-0.15, -0.1) is 0 Å². The SMILES string of the molecule is CC(C(=O)O)c1ccc2c(c1)OCCC2=O. The molecule has 1 atom stereocenters. The predicted molar refractivity (Wildman–Crippen MR) is 56.9 cm³/mol. The van der Waals surface area contributed by atoms with Crippen LogP contribution in [-0.2, 0) is 4.79 Å². The topological polar surface area (TPSA) is 63.6 Å². The molecule has 1 unspecified atom stereocenters. The molecular formula is C12H12O4. The number of carbonyl (C=O) groups is 2. The number of ketones is 1. The summed E-state index contributed by atoms with van der Waals surface area (Å²) < 4.78 is 5.35. The van der Waals surface area contributed by atoms with Crippen LogP contribution in [0.3, 0.4) is 0 Å². The van der Waals surface area contributed by atoms with Crippen molar-refractivity contribution in [1.29, 1.82) is 0 Å². The maximum Gasteiger partial charge on any atom is 0.310 e. The second-order valence-electron chi connectivity index (χ2n) is 3.84. The van der Waals surface area contributed by atoms with Crippen molar-refractivity contribution in [3.8, 4) is 5.75 Å². The van der Waals surface area contributed by atoms with E-state index in [4.69, 9.17) is 9.84 Å². The fraction of sp³-hybridized carbons (Fsp3) is 0.333. The quantitative estimate of drug-likeness (QED) is 0.825. The lowest BCUT2D eigenvalue weighted by molar-refractivity contribution is -0.138. The molecule has 0 aromatic heterocycles. The average molecular weight is 220 g/mol. The van der Waals surface area contributed by atoms with Crippen molar-refractivity contribution >= 4 is 11.8 Å². The van der Waals surface area contributed by atoms with E-state index in [1.807, 2.05) is 0 Å². The number of hydrogen-bond donors (Lipinski definition) is 1. The summed E-state index contributed by atoms with van der Waals surface area (Å²) in [6.45, 7) is 1.98. The van der Waals surface area contributed by atoms with Crippen molar-refractivity contribution in [3.05, 3.63) is 29.3 Å². The van der Waals surface area contributed by atoms with Crippen molar-refractivity contribution in [2.24, 2.45) is 0 Å². The van der Waals surface area contributed by atoms with Crippen molar-refractivity contribution in [2.45, 2.75) is 19.3 Å². The molecule has 0 saturated heterocycles. The number of hydrogen-bond acceptors (Lipinski definition) is 3. The number of benzene rings is 1. The van der Waals surface area contributed by atoms with E-state index in [9.17, 15) is 9.59 Å². The first kappa shape index (κ1) is 10.7. The molecule has 0 amide bonds. The summed E-state index contributed by atoms with van der Waals surface area (Å²) in [6.07, 6.45) is 0.390. The van der Waals surface area contributed by atoms with Gasteiger partial charge in [-0.05, 0) is 24.6 Å². The molecule has 2 rings (SSSR count). The van der Waals surface area contributed by atoms with E-state index in [2.05, 4.69) is 0 Å². The Morgan fingerprint density at radius 3 is 2.94 bits per heavy atom. The molecule has 16 heavy (non-hydrogen) atoms. The zero-order valence-electron chi connectivity index (χ0n) is 8.90. The minimum absolute atomic E-state index is 0.0516. The summed E-state index contributed by atoms with van der Waals surface area (Å²) in [7, 11) is 0. The summed E-state index contributed by atoms with van der Waals surface area (Å²) in [5.74, 6) is -0.925. The van der Waals surface area contributed by atoms with Crippen LogP contribution in [0, 0.1) is 0 Å². The van der Waals surface area contributed by atoms with Crippen LogP contribution >= 0.6 is 0 Å². The van der Waals surface area contributed by atoms with Crippen LogP contribution < -0.4 is 4.74 Å². The van der Waals surface area contributed by atoms with E-state index >= 15 is 0 Å². The van der Waals surface area contributed by atoms with Crippen LogP contribution in [0.2, 0.25) is 0 Å². The zero-order valence-corrected chi connectivity index (χ0v) is 8.90. The van der Waals surface area contributed by atoms with Gasteiger partial charge in [0.05, 0.1) is 18.1 Å². The molecule has 4 heteroatoms. The van der Waals surface area contributed by atoms with E-state index in [1.54, 1.807) is 25.1 Å². The minimum atomic E-state index is -0.887. The van der Waals surface area contributed by atoms with E-state index in [-0.39, 0.29) is 5.78 Å². The smallest absolute Gasteiger partial charge is 0.310 e. The summed E-state index contributed by atoms with van der Waals surface area (Å²) in [4.78, 5) is 22.3. The van der Waals surface area contributed by atoms with Crippen molar-refractivity contribution in [2.75, 3.05) is 6.61 Å². The Hall–Kier alpha value is -1.84. The van der Waals surface area contributed by atoms with Crippen LogP contribution in [0.1, 0.15) is 35.2 Å². The van der Waals surface area contributed by atoms with Gasteiger partial charge in [-0.25, -0.2) is 0 Å². The van der Waals surface area contributed by atoms with Crippen LogP contribution in [0.15, 0.2) is 18.2 Å². The molecule has 1 aromatic rings. The van der Waals surface area contributed by atoms with E-state index < -0.39 is 11.9 Å². The largest absolute Gasteiger partial charge is 0.492 e. The van der Waals surface area contributed by atoms with Gasteiger partial charge in [0.25, 0.3) is 0 Å². The van der Waals surface area contributed by atoms with Gasteiger partial charge in [0, 0.05) is 6.42 Å². The third kappa shape index (κ3) is 1.78. The molecule has 1 heterocycles. The number of aliphatic carboxylic acids is 1. The van der Waals surface area contributed by atoms with Crippen molar-refractivity contribution < 1.29 is 19.4 Å². The first-order valence-corrected chi connectivity index (χ1v) is 5.12. The van der Waals surface area contributed by atoms with Crippen LogP contribution in [0.25, 0.3) is 0 Å². The first-order valence-electron chi connectivity index (χ1n) is 5.12. The van der Waals surface area contributed by atoms with Crippen molar-refractivity contribution in [3.63, 3.8) is 0 Å². The van der Waals surface area contributed by atoms with E-state index in [0.717, 1.165) is 0 Å². The first-order chi connectivity index (χ1) is 7.59. The third-order valence-electron chi connectivity index (χ3n) is 2.76. The number of rotatable bonds is 2. The number of fused-ring (bicyclic) bond motifs is 1. The molecule has 1 aliphatic rings. The Labute approximate surface area is 92.8 Å². The predicted octanol–water partition coefficient (Wildman–Crippen LogP) is 1.84. The number of carboxylic acid groups (broad SMARTS) is 1. The lowest BCUT2D eigenvalue weighted by Crippen LogP contribution is -2.16. The molecule has 1 N–H and O–H groups in total. The minimum Gasteiger partial charge on any atom is -0.492 e. The highest BCUT2D eigenvalue weighted by atomic mass is 16.5. The normalized spacial score (nSPS) is 16.2. The molecular weight excluding hydrogens is 208 g/mol. The summed E-state index contributed by atoms with van der Waals surface area (Å²) in [6, 6.07) is 4.96. The number of ether oxygens (including phenoxy) is 1. The standard InChI is InChI=1S/C12H12O4/c1-7(12(14)15)8-2-3-9-10(13)4-5-16-11(9)6-8/h2-3,6-7H,4-5H2,1H3,(H,14,15). The summed E-state index contributed by atoms with van der Waals surface area (Å²) >= 11 is 0. The van der Waals surface area contributed by atoms with Gasteiger partial charge >= 0.3 is 5.97 Å². The van der Waals surface area contributed by atoms with Gasteiger partial charge in [-0.3, -0.25) is 9.59 Å². The van der Waals surface area contributed by atoms with Gasteiger partial charge < -0.3 is 9.84 Å². The van der Waals surface area contributed by atoms with Gasteiger partial charge in [0.1, 0.15) is 5.75 Å². The van der Waals surface area contributed by atoms with Gasteiger partial charge in [-0.2, -0.15) is 0 Å². The third-order valence-corrected chi connectivity index (χ3v) is 2.76. The Morgan fingerprint density at radius 1 is 1.50 bits per heavy atom. The molecule has 0 aliphatic carbocycles. The Kier molecular flexibility index (Phi) is 2.64. The Balaban J connectivity index is 2.39. The Bertz CT molecular complexity index is 450. The highest BCUT2D eigenvalue weighted by molar-refractivity contribution is 5.99. The molecule has 1 aromatic carbocycles. The molecule has 0 saturated carbocycles. The molecule has 0 fully saturated rings. The van der Waals surface area contributed by atoms with Gasteiger partial charge in [0.15, 0.2) is 5.78 Å². The zero-order chi connectivity index (χ0) is 11.7. The summed E-state index contributed by atoms with van der Waals surface area (Å²) in [5.41, 5.74) is 1.20. The molecule has 0 radical (unpaired) electrons. The maximum atomic E-state index is 11.5. The Morgan fingerprint density at radius 2 is 2.25 bits per heavy atom. The molecule has 1 aliphatic heterocycles. The second-order valence-corrected chi connectivity index (χ2v) is 3.84. The lowest BCUT2D eigenvalue weighted by atomic mass is 9.96. The van der Waals surface area contributed by atoms with E-state index in [1.165, 1.54) is 0 Å². The van der Waals surface area contributed by atoms with Gasteiger partial charge in [-0.1, -0.05) is 6.07 Å². The number of carbonyl (C=O) groups excluding carboxylic acids is 1. The fourth-order valence-corrected chi connectivity index (χ4v) is 1.69. The lowest BCUT2D eigenvalue weighted by Gasteiger charge is -2.17. The maximum absolute atomic E-state index is 11.5. The van der Waals surface area contributed by atoms with Crippen molar-refractivity contribution in [1.82, 2.24) is 0 Å². The average Bonchev–Trinajstić information content (AvgIpc) is 2.28. The number of Topliss-reactive ketones (excluding diaryl/α,β-unsaturated/α-hetero) is 1.